The zero-order valence-corrected chi connectivity index (χ0v) is 11.8. The summed E-state index contributed by atoms with van der Waals surface area (Å²) in [4.78, 5) is 14.7. The summed E-state index contributed by atoms with van der Waals surface area (Å²) in [6.07, 6.45) is 2.13. The predicted octanol–water partition coefficient (Wildman–Crippen LogP) is 2.54. The van der Waals surface area contributed by atoms with E-state index >= 15 is 0 Å². The first kappa shape index (κ1) is 13.7. The van der Waals surface area contributed by atoms with Crippen LogP contribution < -0.4 is 10.5 Å². The molecule has 104 valence electrons. The number of amides is 1. The number of rotatable bonds is 3. The molecular formula is C15H22N2O2. The zero-order valence-electron chi connectivity index (χ0n) is 11.8. The Labute approximate surface area is 114 Å². The Balaban J connectivity index is 2.34. The van der Waals surface area contributed by atoms with Crippen LogP contribution in [-0.4, -0.2) is 30.5 Å². The number of nitrogen functional groups attached to an aromatic ring is 1. The molecular weight excluding hydrogens is 240 g/mol. The molecule has 0 radical (unpaired) electrons. The molecule has 0 bridgehead atoms. The van der Waals surface area contributed by atoms with Gasteiger partial charge in [-0.2, -0.15) is 0 Å². The van der Waals surface area contributed by atoms with Gasteiger partial charge in [-0.15, -0.1) is 0 Å². The Kier molecular flexibility index (Phi) is 3.98. The summed E-state index contributed by atoms with van der Waals surface area (Å²) >= 11 is 0. The van der Waals surface area contributed by atoms with Crippen LogP contribution in [0.4, 0.5) is 5.69 Å². The monoisotopic (exact) mass is 262 g/mol. The molecule has 1 aromatic rings. The maximum Gasteiger partial charge on any atom is 0.259 e. The molecule has 1 aliphatic rings. The number of nitrogens with two attached hydrogens (primary N) is 1. The van der Waals surface area contributed by atoms with Gasteiger partial charge in [0, 0.05) is 18.3 Å². The van der Waals surface area contributed by atoms with Gasteiger partial charge in [0.2, 0.25) is 0 Å². The van der Waals surface area contributed by atoms with E-state index in [2.05, 4.69) is 13.8 Å². The molecule has 2 N–H and O–H groups in total. The molecule has 1 heterocycles. The number of methoxy groups -OCH3 is 1. The fourth-order valence-electron chi connectivity index (χ4n) is 2.83. The Hall–Kier alpha value is -1.71. The summed E-state index contributed by atoms with van der Waals surface area (Å²) in [5.74, 6) is 1.01. The van der Waals surface area contributed by atoms with Gasteiger partial charge in [-0.25, -0.2) is 0 Å². The van der Waals surface area contributed by atoms with Crippen LogP contribution in [-0.2, 0) is 0 Å². The second kappa shape index (κ2) is 5.51. The molecule has 0 aliphatic carbocycles. The fraction of sp³-hybridized carbons (Fsp3) is 0.533. The molecule has 1 aromatic carbocycles. The molecule has 0 spiro atoms. The van der Waals surface area contributed by atoms with Gasteiger partial charge in [0.25, 0.3) is 5.91 Å². The normalized spacial score (nSPS) is 18.9. The highest BCUT2D eigenvalue weighted by Crippen LogP contribution is 2.31. The van der Waals surface area contributed by atoms with Crippen molar-refractivity contribution in [3.05, 3.63) is 23.8 Å². The third-order valence-electron chi connectivity index (χ3n) is 3.82. The minimum absolute atomic E-state index is 0.00819. The lowest BCUT2D eigenvalue weighted by Crippen LogP contribution is -2.39. The van der Waals surface area contributed by atoms with Crippen molar-refractivity contribution in [3.63, 3.8) is 0 Å². The van der Waals surface area contributed by atoms with Crippen molar-refractivity contribution >= 4 is 11.6 Å². The lowest BCUT2D eigenvalue weighted by atomic mass is 10.0. The van der Waals surface area contributed by atoms with Crippen LogP contribution in [0.5, 0.6) is 5.75 Å². The topological polar surface area (TPSA) is 55.6 Å². The van der Waals surface area contributed by atoms with Gasteiger partial charge in [-0.3, -0.25) is 4.79 Å². The minimum atomic E-state index is -0.00819. The maximum atomic E-state index is 12.7. The first-order valence-corrected chi connectivity index (χ1v) is 6.79. The highest BCUT2D eigenvalue weighted by Gasteiger charge is 2.33. The number of likely N-dealkylation sites (tertiary alicyclic amines) is 1. The molecule has 1 aliphatic heterocycles. The molecule has 0 saturated carbocycles. The van der Waals surface area contributed by atoms with Crippen molar-refractivity contribution in [2.75, 3.05) is 19.4 Å². The highest BCUT2D eigenvalue weighted by atomic mass is 16.5. The molecule has 4 heteroatoms. The first-order chi connectivity index (χ1) is 9.06. The summed E-state index contributed by atoms with van der Waals surface area (Å²) in [7, 11) is 1.56. The van der Waals surface area contributed by atoms with Gasteiger partial charge in [0.15, 0.2) is 0 Å². The Morgan fingerprint density at radius 1 is 1.47 bits per heavy atom. The smallest absolute Gasteiger partial charge is 0.259 e. The van der Waals surface area contributed by atoms with Crippen LogP contribution in [0.25, 0.3) is 0 Å². The summed E-state index contributed by atoms with van der Waals surface area (Å²) in [6.45, 7) is 5.11. The van der Waals surface area contributed by atoms with Crippen LogP contribution in [0, 0.1) is 5.92 Å². The van der Waals surface area contributed by atoms with Crippen LogP contribution in [0.3, 0.4) is 0 Å². The van der Waals surface area contributed by atoms with Crippen molar-refractivity contribution in [1.29, 1.82) is 0 Å². The average Bonchev–Trinajstić information content (AvgIpc) is 2.87. The molecule has 19 heavy (non-hydrogen) atoms. The Morgan fingerprint density at radius 3 is 2.84 bits per heavy atom. The van der Waals surface area contributed by atoms with Gasteiger partial charge in [-0.05, 0) is 30.9 Å². The van der Waals surface area contributed by atoms with Crippen molar-refractivity contribution in [1.82, 2.24) is 4.90 Å². The van der Waals surface area contributed by atoms with E-state index in [4.69, 9.17) is 10.5 Å². The van der Waals surface area contributed by atoms with Crippen molar-refractivity contribution in [2.24, 2.45) is 5.92 Å². The summed E-state index contributed by atoms with van der Waals surface area (Å²) in [6, 6.07) is 5.63. The number of anilines is 1. The number of carbonyl (C=O) groups excluding carboxylic acids is 1. The van der Waals surface area contributed by atoms with E-state index in [0.717, 1.165) is 19.4 Å². The van der Waals surface area contributed by atoms with Crippen molar-refractivity contribution in [2.45, 2.75) is 32.7 Å². The number of nitrogens with zero attached hydrogens (tertiary/aromatic N) is 1. The third kappa shape index (κ3) is 2.53. The molecule has 2 rings (SSSR count). The molecule has 1 atom stereocenters. The maximum absolute atomic E-state index is 12.7. The van der Waals surface area contributed by atoms with E-state index in [-0.39, 0.29) is 5.91 Å². The lowest BCUT2D eigenvalue weighted by molar-refractivity contribution is 0.0699. The Bertz CT molecular complexity index is 471. The third-order valence-corrected chi connectivity index (χ3v) is 3.82. The van der Waals surface area contributed by atoms with Crippen LogP contribution in [0.15, 0.2) is 18.2 Å². The number of ether oxygens (including phenoxy) is 1. The van der Waals surface area contributed by atoms with Gasteiger partial charge >= 0.3 is 0 Å². The van der Waals surface area contributed by atoms with Gasteiger partial charge in [0.1, 0.15) is 11.3 Å². The molecule has 1 amide bonds. The van der Waals surface area contributed by atoms with E-state index < -0.39 is 0 Å². The molecule has 1 saturated heterocycles. The molecule has 0 aromatic heterocycles. The van der Waals surface area contributed by atoms with Gasteiger partial charge < -0.3 is 15.4 Å². The lowest BCUT2D eigenvalue weighted by Gasteiger charge is -2.28. The van der Waals surface area contributed by atoms with E-state index in [1.165, 1.54) is 0 Å². The van der Waals surface area contributed by atoms with E-state index in [1.54, 1.807) is 25.3 Å². The van der Waals surface area contributed by atoms with E-state index in [0.29, 0.717) is 29.0 Å². The number of hydrogen-bond acceptors (Lipinski definition) is 3. The van der Waals surface area contributed by atoms with Crippen LogP contribution in [0.1, 0.15) is 37.0 Å². The number of carbonyl (C=O) groups is 1. The van der Waals surface area contributed by atoms with Crippen LogP contribution in [0.2, 0.25) is 0 Å². The van der Waals surface area contributed by atoms with Gasteiger partial charge in [0.05, 0.1) is 7.11 Å². The van der Waals surface area contributed by atoms with Crippen molar-refractivity contribution in [3.8, 4) is 5.75 Å². The largest absolute Gasteiger partial charge is 0.496 e. The van der Waals surface area contributed by atoms with E-state index in [1.807, 2.05) is 4.90 Å². The second-order valence-electron chi connectivity index (χ2n) is 5.38. The summed E-state index contributed by atoms with van der Waals surface area (Å²) in [5.41, 5.74) is 6.94. The quantitative estimate of drug-likeness (QED) is 0.852. The number of benzene rings is 1. The van der Waals surface area contributed by atoms with Crippen LogP contribution >= 0.6 is 0 Å². The number of hydrogen-bond donors (Lipinski definition) is 1. The summed E-state index contributed by atoms with van der Waals surface area (Å²) < 4.78 is 5.28. The average molecular weight is 262 g/mol. The first-order valence-electron chi connectivity index (χ1n) is 6.79. The van der Waals surface area contributed by atoms with E-state index in [9.17, 15) is 4.79 Å². The van der Waals surface area contributed by atoms with Crippen molar-refractivity contribution < 1.29 is 9.53 Å². The molecule has 1 fully saturated rings. The fourth-order valence-corrected chi connectivity index (χ4v) is 2.83. The SMILES string of the molecule is COc1cccc(N)c1C(=O)N1CCCC1C(C)C. The minimum Gasteiger partial charge on any atom is -0.496 e. The zero-order chi connectivity index (χ0) is 14.0. The molecule has 4 nitrogen and oxygen atoms in total. The summed E-state index contributed by atoms with van der Waals surface area (Å²) in [5, 5.41) is 0. The predicted molar refractivity (Wildman–Crippen MR) is 76.3 cm³/mol. The highest BCUT2D eigenvalue weighted by molar-refractivity contribution is 6.02. The Morgan fingerprint density at radius 2 is 2.21 bits per heavy atom. The second-order valence-corrected chi connectivity index (χ2v) is 5.38. The molecule has 1 unspecified atom stereocenters. The van der Waals surface area contributed by atoms with Gasteiger partial charge in [-0.1, -0.05) is 19.9 Å². The standard InChI is InChI=1S/C15H22N2O2/c1-10(2)12-7-5-9-17(12)15(18)14-11(16)6-4-8-13(14)19-3/h4,6,8,10,12H,5,7,9,16H2,1-3H3.